The van der Waals surface area contributed by atoms with Gasteiger partial charge in [0.2, 0.25) is 0 Å². The Morgan fingerprint density at radius 1 is 1.29 bits per heavy atom. The number of para-hydroxylation sites is 1. The number of anilines is 2. The Labute approximate surface area is 123 Å². The van der Waals surface area contributed by atoms with Gasteiger partial charge in [-0.15, -0.1) is 0 Å². The molecule has 6 heteroatoms. The Morgan fingerprint density at radius 3 is 2.48 bits per heavy atom. The molecule has 0 spiro atoms. The molecule has 0 unspecified atom stereocenters. The lowest BCUT2D eigenvalue weighted by Crippen LogP contribution is -2.33. The van der Waals surface area contributed by atoms with E-state index in [1.165, 1.54) is 18.1 Å². The fraction of sp³-hybridized carbons (Fsp3) is 0.333. The summed E-state index contributed by atoms with van der Waals surface area (Å²) in [7, 11) is 1.50. The third-order valence-electron chi connectivity index (χ3n) is 2.70. The first-order valence-corrected chi connectivity index (χ1v) is 6.50. The Morgan fingerprint density at radius 2 is 2.00 bits per heavy atom. The summed E-state index contributed by atoms with van der Waals surface area (Å²) in [5, 5.41) is 2.64. The number of rotatable bonds is 3. The van der Waals surface area contributed by atoms with Gasteiger partial charge in [-0.1, -0.05) is 6.07 Å². The third-order valence-corrected chi connectivity index (χ3v) is 2.70. The van der Waals surface area contributed by atoms with E-state index >= 15 is 0 Å². The van der Waals surface area contributed by atoms with Gasteiger partial charge < -0.3 is 9.47 Å². The smallest absolute Gasteiger partial charge is 0.412 e. The van der Waals surface area contributed by atoms with Gasteiger partial charge in [0.1, 0.15) is 17.0 Å². The van der Waals surface area contributed by atoms with Crippen LogP contribution in [0.1, 0.15) is 20.8 Å². The van der Waals surface area contributed by atoms with Gasteiger partial charge in [-0.2, -0.15) is 0 Å². The van der Waals surface area contributed by atoms with Crippen LogP contribution in [0, 0.1) is 0 Å². The number of benzene rings is 1. The molecule has 112 valence electrons. The number of ether oxygens (including phenoxy) is 2. The van der Waals surface area contributed by atoms with E-state index in [-0.39, 0.29) is 5.91 Å². The standard InChI is InChI=1S/C15H18N2O4/c1-15(2,3)21-14(19)16-10-6-5-7-11(20-4)13(10)17-9-8-12(17)18/h5-9H,1-4H3,(H,16,19). The average molecular weight is 290 g/mol. The van der Waals surface area contributed by atoms with Gasteiger partial charge >= 0.3 is 6.09 Å². The minimum Gasteiger partial charge on any atom is -0.494 e. The summed E-state index contributed by atoms with van der Waals surface area (Å²) < 4.78 is 10.5. The lowest BCUT2D eigenvalue weighted by molar-refractivity contribution is -0.114. The highest BCUT2D eigenvalue weighted by molar-refractivity contribution is 6.13. The quantitative estimate of drug-likeness (QED) is 0.929. The first-order valence-electron chi connectivity index (χ1n) is 6.50. The van der Waals surface area contributed by atoms with Crippen LogP contribution in [-0.4, -0.2) is 24.7 Å². The molecule has 1 aliphatic rings. The van der Waals surface area contributed by atoms with Crippen molar-refractivity contribution in [3.8, 4) is 5.75 Å². The third kappa shape index (κ3) is 3.34. The van der Waals surface area contributed by atoms with Gasteiger partial charge in [-0.05, 0) is 32.9 Å². The van der Waals surface area contributed by atoms with Crippen LogP contribution < -0.4 is 15.0 Å². The SMILES string of the molecule is COc1cccc(NC(=O)OC(C)(C)C)c1N1C=CC1=O. The summed E-state index contributed by atoms with van der Waals surface area (Å²) in [6.45, 7) is 5.34. The molecular formula is C15H18N2O4. The van der Waals surface area contributed by atoms with Gasteiger partial charge in [0, 0.05) is 12.3 Å². The number of amides is 2. The van der Waals surface area contributed by atoms with Gasteiger partial charge in [-0.3, -0.25) is 15.0 Å². The number of nitrogens with zero attached hydrogens (tertiary/aromatic N) is 1. The molecule has 2 amide bonds. The molecule has 0 aliphatic carbocycles. The van der Waals surface area contributed by atoms with E-state index in [9.17, 15) is 9.59 Å². The van der Waals surface area contributed by atoms with Crippen LogP contribution in [-0.2, 0) is 9.53 Å². The summed E-state index contributed by atoms with van der Waals surface area (Å²) >= 11 is 0. The van der Waals surface area contributed by atoms with Crippen molar-refractivity contribution in [3.05, 3.63) is 30.5 Å². The number of nitrogens with one attached hydrogen (secondary N) is 1. The molecule has 1 aromatic carbocycles. The van der Waals surface area contributed by atoms with Gasteiger partial charge in [-0.25, -0.2) is 4.79 Å². The van der Waals surface area contributed by atoms with E-state index in [2.05, 4.69) is 5.32 Å². The minimum atomic E-state index is -0.602. The van der Waals surface area contributed by atoms with Crippen molar-refractivity contribution in [2.75, 3.05) is 17.3 Å². The highest BCUT2D eigenvalue weighted by atomic mass is 16.6. The first-order chi connectivity index (χ1) is 9.81. The summed E-state index contributed by atoms with van der Waals surface area (Å²) in [4.78, 5) is 24.9. The zero-order valence-corrected chi connectivity index (χ0v) is 12.5. The number of hydrogen-bond donors (Lipinski definition) is 1. The molecule has 0 aromatic heterocycles. The summed E-state index contributed by atoms with van der Waals surface area (Å²) in [6.07, 6.45) is 2.46. The van der Waals surface area contributed by atoms with E-state index in [0.717, 1.165) is 0 Å². The molecule has 1 heterocycles. The predicted molar refractivity (Wildman–Crippen MR) is 79.5 cm³/mol. The maximum atomic E-state index is 11.9. The molecule has 1 aromatic rings. The van der Waals surface area contributed by atoms with Crippen molar-refractivity contribution in [2.24, 2.45) is 0 Å². The second-order valence-corrected chi connectivity index (χ2v) is 5.51. The Hall–Kier alpha value is -2.50. The second kappa shape index (κ2) is 5.47. The summed E-state index contributed by atoms with van der Waals surface area (Å²) in [5.74, 6) is 0.313. The monoisotopic (exact) mass is 290 g/mol. The van der Waals surface area contributed by atoms with Crippen LogP contribution >= 0.6 is 0 Å². The van der Waals surface area contributed by atoms with Crippen molar-refractivity contribution < 1.29 is 19.1 Å². The largest absolute Gasteiger partial charge is 0.494 e. The predicted octanol–water partition coefficient (Wildman–Crippen LogP) is 2.90. The molecule has 0 atom stereocenters. The van der Waals surface area contributed by atoms with Crippen LogP contribution in [0.15, 0.2) is 30.5 Å². The normalized spacial score (nSPS) is 13.7. The van der Waals surface area contributed by atoms with Crippen molar-refractivity contribution in [2.45, 2.75) is 26.4 Å². The molecule has 1 N–H and O–H groups in total. The lowest BCUT2D eigenvalue weighted by Gasteiger charge is -2.27. The van der Waals surface area contributed by atoms with Crippen LogP contribution in [0.2, 0.25) is 0 Å². The highest BCUT2D eigenvalue weighted by Crippen LogP contribution is 2.38. The Kier molecular flexibility index (Phi) is 3.88. The van der Waals surface area contributed by atoms with Crippen molar-refractivity contribution in [1.82, 2.24) is 0 Å². The molecule has 0 saturated carbocycles. The lowest BCUT2D eigenvalue weighted by atomic mass is 10.2. The zero-order valence-electron chi connectivity index (χ0n) is 12.5. The Balaban J connectivity index is 2.29. The van der Waals surface area contributed by atoms with Gasteiger partial charge in [0.25, 0.3) is 5.91 Å². The van der Waals surface area contributed by atoms with E-state index in [0.29, 0.717) is 17.1 Å². The maximum absolute atomic E-state index is 11.9. The molecule has 2 rings (SSSR count). The molecule has 6 nitrogen and oxygen atoms in total. The number of methoxy groups -OCH3 is 1. The van der Waals surface area contributed by atoms with Crippen molar-refractivity contribution >= 4 is 23.4 Å². The second-order valence-electron chi connectivity index (χ2n) is 5.51. The molecular weight excluding hydrogens is 272 g/mol. The highest BCUT2D eigenvalue weighted by Gasteiger charge is 2.26. The van der Waals surface area contributed by atoms with Gasteiger partial charge in [0.15, 0.2) is 0 Å². The number of carbonyl (C=O) groups is 2. The fourth-order valence-corrected chi connectivity index (χ4v) is 1.84. The molecule has 0 radical (unpaired) electrons. The Bertz CT molecular complexity index is 602. The van der Waals surface area contributed by atoms with E-state index in [4.69, 9.17) is 9.47 Å². The van der Waals surface area contributed by atoms with E-state index < -0.39 is 11.7 Å². The van der Waals surface area contributed by atoms with Crippen molar-refractivity contribution in [1.29, 1.82) is 0 Å². The van der Waals surface area contributed by atoms with Crippen LogP contribution in [0.5, 0.6) is 5.75 Å². The molecule has 0 fully saturated rings. The summed E-state index contributed by atoms with van der Waals surface area (Å²) in [5.41, 5.74) is 0.329. The van der Waals surface area contributed by atoms with Crippen LogP contribution in [0.3, 0.4) is 0 Å². The van der Waals surface area contributed by atoms with Crippen LogP contribution in [0.25, 0.3) is 0 Å². The maximum Gasteiger partial charge on any atom is 0.412 e. The fourth-order valence-electron chi connectivity index (χ4n) is 1.84. The van der Waals surface area contributed by atoms with Gasteiger partial charge in [0.05, 0.1) is 12.8 Å². The molecule has 1 aliphatic heterocycles. The number of carbonyl (C=O) groups excluding carboxylic acids is 2. The topological polar surface area (TPSA) is 67.9 Å². The average Bonchev–Trinajstić information content (AvgIpc) is 2.36. The first kappa shape index (κ1) is 14.9. The zero-order chi connectivity index (χ0) is 15.6. The van der Waals surface area contributed by atoms with Crippen LogP contribution in [0.4, 0.5) is 16.2 Å². The van der Waals surface area contributed by atoms with E-state index in [1.54, 1.807) is 45.2 Å². The van der Waals surface area contributed by atoms with Crippen molar-refractivity contribution in [3.63, 3.8) is 0 Å². The molecule has 0 bridgehead atoms. The minimum absolute atomic E-state index is 0.174. The number of hydrogen-bond acceptors (Lipinski definition) is 4. The summed E-state index contributed by atoms with van der Waals surface area (Å²) in [6, 6.07) is 5.12. The molecule has 0 saturated heterocycles. The molecule has 21 heavy (non-hydrogen) atoms. The van der Waals surface area contributed by atoms with E-state index in [1.807, 2.05) is 0 Å².